The van der Waals surface area contributed by atoms with E-state index in [1.807, 2.05) is 0 Å². The molecule has 10 heteroatoms. The molecule has 0 spiro atoms. The molecule has 1 aromatic rings. The van der Waals surface area contributed by atoms with Crippen molar-refractivity contribution in [2.75, 3.05) is 0 Å². The molecule has 0 atom stereocenters. The van der Waals surface area contributed by atoms with E-state index in [9.17, 15) is 48.4 Å². The summed E-state index contributed by atoms with van der Waals surface area (Å²) in [4.78, 5) is 46.6. The molecule has 0 aliphatic heterocycles. The van der Waals surface area contributed by atoms with Gasteiger partial charge in [0.2, 0.25) is 10.8 Å². The molecule has 4 N–H and O–H groups in total. The molecule has 0 saturated heterocycles. The zero-order valence-electron chi connectivity index (χ0n) is 12.6. The molecule has 8 nitrogen and oxygen atoms in total. The number of halogens is 2. The lowest BCUT2D eigenvalue weighted by Crippen LogP contribution is -2.60. The van der Waals surface area contributed by atoms with Crippen molar-refractivity contribution >= 4 is 29.5 Å². The predicted octanol–water partition coefficient (Wildman–Crippen LogP) is 1.39. The number of carboxylic acids is 4. The van der Waals surface area contributed by atoms with Crippen molar-refractivity contribution in [3.05, 3.63) is 53.6 Å². The molecule has 0 amide bonds. The van der Waals surface area contributed by atoms with Gasteiger partial charge in [-0.15, -0.1) is 0 Å². The van der Waals surface area contributed by atoms with Gasteiger partial charge in [0.15, 0.2) is 0 Å². The van der Waals surface area contributed by atoms with E-state index in [1.54, 1.807) is 0 Å². The van der Waals surface area contributed by atoms with Crippen molar-refractivity contribution in [1.82, 2.24) is 0 Å². The Morgan fingerprint density at radius 2 is 1.15 bits per heavy atom. The van der Waals surface area contributed by atoms with Gasteiger partial charge in [-0.3, -0.25) is 19.2 Å². The second kappa shape index (κ2) is 6.06. The maximum Gasteiger partial charge on any atom is 0.327 e. The van der Waals surface area contributed by atoms with Gasteiger partial charge in [-0.05, 0) is 18.2 Å². The highest BCUT2D eigenvalue weighted by atomic mass is 19.1. The minimum Gasteiger partial charge on any atom is -0.480 e. The Kier molecular flexibility index (Phi) is 4.38. The number of carbonyl (C=O) groups is 4. The summed E-state index contributed by atoms with van der Waals surface area (Å²) >= 11 is 0. The van der Waals surface area contributed by atoms with Crippen molar-refractivity contribution in [2.24, 2.45) is 10.8 Å². The highest BCUT2D eigenvalue weighted by Crippen LogP contribution is 2.51. The molecular weight excluding hydrogens is 358 g/mol. The van der Waals surface area contributed by atoms with E-state index in [1.165, 1.54) is 12.1 Å². The van der Waals surface area contributed by atoms with Gasteiger partial charge < -0.3 is 20.4 Å². The molecule has 1 aromatic carbocycles. The Hall–Kier alpha value is -3.56. The van der Waals surface area contributed by atoms with Gasteiger partial charge in [-0.25, -0.2) is 8.78 Å². The van der Waals surface area contributed by atoms with Gasteiger partial charge in [0.1, 0.15) is 11.6 Å². The van der Waals surface area contributed by atoms with Gasteiger partial charge in [-0.2, -0.15) is 0 Å². The zero-order valence-corrected chi connectivity index (χ0v) is 12.6. The summed E-state index contributed by atoms with van der Waals surface area (Å²) < 4.78 is 28.5. The smallest absolute Gasteiger partial charge is 0.327 e. The first kappa shape index (κ1) is 18.8. The Morgan fingerprint density at radius 1 is 0.731 bits per heavy atom. The van der Waals surface area contributed by atoms with E-state index < -0.39 is 57.5 Å². The molecule has 136 valence electrons. The van der Waals surface area contributed by atoms with Crippen LogP contribution in [-0.4, -0.2) is 44.3 Å². The fraction of sp³-hybridized carbons (Fsp3) is 0.125. The lowest BCUT2D eigenvalue weighted by molar-refractivity contribution is -0.185. The van der Waals surface area contributed by atoms with Gasteiger partial charge in [0.05, 0.1) is 0 Å². The van der Waals surface area contributed by atoms with E-state index >= 15 is 0 Å². The lowest BCUT2D eigenvalue weighted by atomic mass is 9.59. The Balaban J connectivity index is 2.98. The molecule has 0 radical (unpaired) electrons. The average Bonchev–Trinajstić information content (AvgIpc) is 2.54. The molecule has 1 aliphatic carbocycles. The van der Waals surface area contributed by atoms with Crippen LogP contribution in [0, 0.1) is 16.6 Å². The molecule has 2 rings (SSSR count). The highest BCUT2D eigenvalue weighted by molar-refractivity contribution is 6.18. The van der Waals surface area contributed by atoms with Crippen molar-refractivity contribution in [3.8, 4) is 0 Å². The topological polar surface area (TPSA) is 149 Å². The third kappa shape index (κ3) is 2.26. The Labute approximate surface area is 143 Å². The summed E-state index contributed by atoms with van der Waals surface area (Å²) in [5.74, 6) is -12.2. The number of aliphatic carboxylic acids is 4. The summed E-state index contributed by atoms with van der Waals surface area (Å²) in [6.07, 6.45) is -0.0324. The molecule has 0 heterocycles. The second-order valence-electron chi connectivity index (χ2n) is 5.37. The lowest BCUT2D eigenvalue weighted by Gasteiger charge is -2.37. The summed E-state index contributed by atoms with van der Waals surface area (Å²) in [5.41, 5.74) is -8.76. The Bertz CT molecular complexity index is 871. The van der Waals surface area contributed by atoms with E-state index in [-0.39, 0.29) is 12.2 Å². The molecule has 0 unspecified atom stereocenters. The standard InChI is InChI=1S/C16H10F2O8/c17-9-4-2-1-3-7(9)8-5-15(11(19)20,12(21)22)16(13(23)24,14(25)26)6-10(8)18/h1-6H,(H,19,20)(H,21,22)(H,23,24)(H,25,26). The number of carboxylic acid groups (broad SMARTS) is 4. The predicted molar refractivity (Wildman–Crippen MR) is 79.0 cm³/mol. The number of rotatable bonds is 5. The zero-order chi connectivity index (χ0) is 19.9. The SMILES string of the molecule is O=C(O)C1(C(=O)O)C=C(F)C(c2ccccc2F)=CC1(C(=O)O)C(=O)O. The summed E-state index contributed by atoms with van der Waals surface area (Å²) in [6, 6.07) is 4.34. The number of hydrogen-bond acceptors (Lipinski definition) is 4. The van der Waals surface area contributed by atoms with Crippen LogP contribution in [0.4, 0.5) is 8.78 Å². The summed E-state index contributed by atoms with van der Waals surface area (Å²) in [7, 11) is 0. The molecule has 1 aliphatic rings. The van der Waals surface area contributed by atoms with E-state index in [0.29, 0.717) is 0 Å². The first-order chi connectivity index (χ1) is 12.0. The second-order valence-corrected chi connectivity index (χ2v) is 5.37. The van der Waals surface area contributed by atoms with Crippen molar-refractivity contribution in [3.63, 3.8) is 0 Å². The first-order valence-electron chi connectivity index (χ1n) is 6.82. The molecule has 0 aromatic heterocycles. The Morgan fingerprint density at radius 3 is 1.58 bits per heavy atom. The first-order valence-corrected chi connectivity index (χ1v) is 6.82. The minimum atomic E-state index is -3.69. The third-order valence-corrected chi connectivity index (χ3v) is 4.10. The highest BCUT2D eigenvalue weighted by Gasteiger charge is 2.71. The average molecular weight is 368 g/mol. The molecular formula is C16H10F2O8. The van der Waals surface area contributed by atoms with Crippen LogP contribution in [0.2, 0.25) is 0 Å². The van der Waals surface area contributed by atoms with Crippen molar-refractivity contribution in [2.45, 2.75) is 0 Å². The summed E-state index contributed by atoms with van der Waals surface area (Å²) in [5, 5.41) is 37.4. The molecule has 26 heavy (non-hydrogen) atoms. The van der Waals surface area contributed by atoms with Crippen LogP contribution < -0.4 is 0 Å². The van der Waals surface area contributed by atoms with Crippen LogP contribution in [0.3, 0.4) is 0 Å². The van der Waals surface area contributed by atoms with Crippen LogP contribution in [-0.2, 0) is 19.2 Å². The number of hydrogen-bond donors (Lipinski definition) is 4. The minimum absolute atomic E-state index is 0.105. The van der Waals surface area contributed by atoms with E-state index in [0.717, 1.165) is 12.1 Å². The van der Waals surface area contributed by atoms with Crippen LogP contribution >= 0.6 is 0 Å². The van der Waals surface area contributed by atoms with Gasteiger partial charge >= 0.3 is 23.9 Å². The van der Waals surface area contributed by atoms with Crippen LogP contribution in [0.5, 0.6) is 0 Å². The molecule has 0 fully saturated rings. The van der Waals surface area contributed by atoms with Gasteiger partial charge in [-0.1, -0.05) is 18.2 Å². The quantitative estimate of drug-likeness (QED) is 0.570. The normalized spacial score (nSPS) is 17.6. The number of benzene rings is 1. The summed E-state index contributed by atoms with van der Waals surface area (Å²) in [6.45, 7) is 0. The maximum absolute atomic E-state index is 14.5. The van der Waals surface area contributed by atoms with Gasteiger partial charge in [0.25, 0.3) is 0 Å². The largest absolute Gasteiger partial charge is 0.480 e. The van der Waals surface area contributed by atoms with Crippen LogP contribution in [0.1, 0.15) is 5.56 Å². The van der Waals surface area contributed by atoms with E-state index in [4.69, 9.17) is 0 Å². The van der Waals surface area contributed by atoms with Gasteiger partial charge in [0, 0.05) is 11.1 Å². The number of allylic oxidation sites excluding steroid dienone is 2. The third-order valence-electron chi connectivity index (χ3n) is 4.10. The fourth-order valence-corrected chi connectivity index (χ4v) is 2.77. The van der Waals surface area contributed by atoms with Crippen molar-refractivity contribution < 1.29 is 48.4 Å². The molecule has 0 saturated carbocycles. The molecule has 0 bridgehead atoms. The van der Waals surface area contributed by atoms with Crippen molar-refractivity contribution in [1.29, 1.82) is 0 Å². The van der Waals surface area contributed by atoms with Crippen LogP contribution in [0.15, 0.2) is 42.2 Å². The van der Waals surface area contributed by atoms with E-state index in [2.05, 4.69) is 0 Å². The fourth-order valence-electron chi connectivity index (χ4n) is 2.77. The van der Waals surface area contributed by atoms with Crippen LogP contribution in [0.25, 0.3) is 5.57 Å². The monoisotopic (exact) mass is 368 g/mol. The maximum atomic E-state index is 14.5.